The topological polar surface area (TPSA) is 44.4 Å². The third-order valence-electron chi connectivity index (χ3n) is 5.05. The molecule has 0 radical (unpaired) electrons. The van der Waals surface area contributed by atoms with Gasteiger partial charge >= 0.3 is 0 Å². The number of hydrogen-bond acceptors (Lipinski definition) is 3. The maximum atomic E-state index is 12.3. The lowest BCUT2D eigenvalue weighted by atomic mass is 9.94. The van der Waals surface area contributed by atoms with Gasteiger partial charge in [-0.25, -0.2) is 0 Å². The zero-order valence-electron chi connectivity index (χ0n) is 14.8. The fourth-order valence-corrected chi connectivity index (χ4v) is 3.79. The van der Waals surface area contributed by atoms with Gasteiger partial charge in [0.25, 0.3) is 0 Å². The molecular formula is C19H31Cl2N3O. The van der Waals surface area contributed by atoms with Crippen LogP contribution in [-0.2, 0) is 11.3 Å². The zero-order valence-corrected chi connectivity index (χ0v) is 16.4. The molecule has 2 aliphatic rings. The molecule has 2 saturated heterocycles. The molecular weight excluding hydrogens is 357 g/mol. The average Bonchev–Trinajstić information content (AvgIpc) is 2.57. The van der Waals surface area contributed by atoms with Crippen LogP contribution < -0.4 is 10.6 Å². The van der Waals surface area contributed by atoms with Crippen LogP contribution in [-0.4, -0.2) is 43.0 Å². The summed E-state index contributed by atoms with van der Waals surface area (Å²) >= 11 is 0. The van der Waals surface area contributed by atoms with Crippen molar-refractivity contribution in [3.63, 3.8) is 0 Å². The maximum Gasteiger partial charge on any atom is 0.220 e. The standard InChI is InChI=1S/C19H29N3O.2ClH/c23-19(13-16-8-10-20-11-9-16)21-18-7-4-12-22(15-18)14-17-5-2-1-3-6-17;;/h1-3,5-6,16,18,20H,4,7-15H2,(H,21,23);2*1H. The smallest absolute Gasteiger partial charge is 0.220 e. The van der Waals surface area contributed by atoms with Gasteiger partial charge in [0.2, 0.25) is 5.91 Å². The Bertz CT molecular complexity index is 495. The zero-order chi connectivity index (χ0) is 15.9. The normalized spacial score (nSPS) is 21.7. The second-order valence-corrected chi connectivity index (χ2v) is 7.02. The molecule has 0 spiro atoms. The van der Waals surface area contributed by atoms with Gasteiger partial charge in [0.15, 0.2) is 0 Å². The Kier molecular flexibility index (Phi) is 10.4. The monoisotopic (exact) mass is 387 g/mol. The van der Waals surface area contributed by atoms with E-state index in [1.165, 1.54) is 12.0 Å². The number of halogens is 2. The van der Waals surface area contributed by atoms with E-state index in [9.17, 15) is 4.79 Å². The van der Waals surface area contributed by atoms with E-state index in [2.05, 4.69) is 45.9 Å². The highest BCUT2D eigenvalue weighted by Crippen LogP contribution is 2.17. The first-order valence-electron chi connectivity index (χ1n) is 9.06. The van der Waals surface area contributed by atoms with Gasteiger partial charge in [-0.05, 0) is 56.8 Å². The second kappa shape index (κ2) is 11.7. The third-order valence-corrected chi connectivity index (χ3v) is 5.05. The van der Waals surface area contributed by atoms with Crippen LogP contribution in [0.5, 0.6) is 0 Å². The van der Waals surface area contributed by atoms with Crippen LogP contribution in [0.25, 0.3) is 0 Å². The summed E-state index contributed by atoms with van der Waals surface area (Å²) in [7, 11) is 0. The number of piperidine rings is 2. The number of rotatable bonds is 5. The van der Waals surface area contributed by atoms with Crippen LogP contribution >= 0.6 is 24.8 Å². The number of nitrogens with zero attached hydrogens (tertiary/aromatic N) is 1. The van der Waals surface area contributed by atoms with Crippen LogP contribution in [0.4, 0.5) is 0 Å². The Morgan fingerprint density at radius 1 is 1.12 bits per heavy atom. The van der Waals surface area contributed by atoms with Gasteiger partial charge in [0.05, 0.1) is 0 Å². The van der Waals surface area contributed by atoms with Crippen molar-refractivity contribution in [1.29, 1.82) is 0 Å². The predicted octanol–water partition coefficient (Wildman–Crippen LogP) is 3.00. The summed E-state index contributed by atoms with van der Waals surface area (Å²) in [4.78, 5) is 14.8. The van der Waals surface area contributed by atoms with Gasteiger partial charge in [-0.1, -0.05) is 30.3 Å². The summed E-state index contributed by atoms with van der Waals surface area (Å²) in [5, 5.41) is 6.64. The van der Waals surface area contributed by atoms with E-state index in [0.29, 0.717) is 18.4 Å². The lowest BCUT2D eigenvalue weighted by molar-refractivity contribution is -0.123. The Morgan fingerprint density at radius 3 is 2.56 bits per heavy atom. The van der Waals surface area contributed by atoms with E-state index in [1.807, 2.05) is 0 Å². The molecule has 1 amide bonds. The van der Waals surface area contributed by atoms with E-state index < -0.39 is 0 Å². The molecule has 1 unspecified atom stereocenters. The van der Waals surface area contributed by atoms with Gasteiger partial charge in [0.1, 0.15) is 0 Å². The van der Waals surface area contributed by atoms with Gasteiger partial charge in [-0.2, -0.15) is 0 Å². The number of hydrogen-bond donors (Lipinski definition) is 2. The molecule has 1 atom stereocenters. The largest absolute Gasteiger partial charge is 0.352 e. The minimum atomic E-state index is 0. The lowest BCUT2D eigenvalue weighted by Crippen LogP contribution is -2.47. The van der Waals surface area contributed by atoms with Gasteiger partial charge in [-0.15, -0.1) is 24.8 Å². The van der Waals surface area contributed by atoms with Crippen molar-refractivity contribution in [1.82, 2.24) is 15.5 Å². The average molecular weight is 388 g/mol. The summed E-state index contributed by atoms with van der Waals surface area (Å²) in [6.07, 6.45) is 5.27. The van der Waals surface area contributed by atoms with Crippen LogP contribution in [0, 0.1) is 5.92 Å². The van der Waals surface area contributed by atoms with Crippen molar-refractivity contribution in [3.05, 3.63) is 35.9 Å². The molecule has 0 aromatic heterocycles. The van der Waals surface area contributed by atoms with Crippen LogP contribution in [0.2, 0.25) is 0 Å². The predicted molar refractivity (Wildman–Crippen MR) is 108 cm³/mol. The summed E-state index contributed by atoms with van der Waals surface area (Å²) in [6, 6.07) is 10.9. The number of nitrogens with one attached hydrogen (secondary N) is 2. The summed E-state index contributed by atoms with van der Waals surface area (Å²) in [6.45, 7) is 5.22. The molecule has 1 aromatic rings. The van der Waals surface area contributed by atoms with E-state index in [4.69, 9.17) is 0 Å². The summed E-state index contributed by atoms with van der Waals surface area (Å²) in [5.74, 6) is 0.823. The van der Waals surface area contributed by atoms with Crippen molar-refractivity contribution < 1.29 is 4.79 Å². The Hall–Kier alpha value is -0.810. The first-order chi connectivity index (χ1) is 11.3. The molecule has 2 aliphatic heterocycles. The molecule has 3 rings (SSSR count). The minimum Gasteiger partial charge on any atom is -0.352 e. The minimum absolute atomic E-state index is 0. The Labute approximate surface area is 163 Å². The fourth-order valence-electron chi connectivity index (χ4n) is 3.79. The Morgan fingerprint density at radius 2 is 1.84 bits per heavy atom. The summed E-state index contributed by atoms with van der Waals surface area (Å²) < 4.78 is 0. The number of amides is 1. The molecule has 1 aromatic carbocycles. The van der Waals surface area contributed by atoms with E-state index in [-0.39, 0.29) is 30.7 Å². The van der Waals surface area contributed by atoms with Gasteiger partial charge < -0.3 is 10.6 Å². The SMILES string of the molecule is Cl.Cl.O=C(CC1CCNCC1)NC1CCCN(Cc2ccccc2)C1. The molecule has 0 saturated carbocycles. The first kappa shape index (κ1) is 22.2. The quantitative estimate of drug-likeness (QED) is 0.815. The fraction of sp³-hybridized carbons (Fsp3) is 0.632. The van der Waals surface area contributed by atoms with Crippen molar-refractivity contribution in [2.24, 2.45) is 5.92 Å². The van der Waals surface area contributed by atoms with Gasteiger partial charge in [0, 0.05) is 25.6 Å². The number of carbonyl (C=O) groups is 1. The van der Waals surface area contributed by atoms with E-state index >= 15 is 0 Å². The van der Waals surface area contributed by atoms with Crippen LogP contribution in [0.3, 0.4) is 0 Å². The summed E-state index contributed by atoms with van der Waals surface area (Å²) in [5.41, 5.74) is 1.36. The molecule has 25 heavy (non-hydrogen) atoms. The molecule has 4 nitrogen and oxygen atoms in total. The lowest BCUT2D eigenvalue weighted by Gasteiger charge is -2.33. The third kappa shape index (κ3) is 7.53. The first-order valence-corrected chi connectivity index (χ1v) is 9.06. The van der Waals surface area contributed by atoms with Crippen LogP contribution in [0.1, 0.15) is 37.7 Å². The van der Waals surface area contributed by atoms with Crippen molar-refractivity contribution in [2.45, 2.75) is 44.7 Å². The molecule has 0 bridgehead atoms. The maximum absolute atomic E-state index is 12.3. The van der Waals surface area contributed by atoms with Crippen molar-refractivity contribution >= 4 is 30.7 Å². The van der Waals surface area contributed by atoms with E-state index in [1.54, 1.807) is 0 Å². The number of benzene rings is 1. The van der Waals surface area contributed by atoms with E-state index in [0.717, 1.165) is 52.0 Å². The number of carbonyl (C=O) groups excluding carboxylic acids is 1. The van der Waals surface area contributed by atoms with Crippen molar-refractivity contribution in [2.75, 3.05) is 26.2 Å². The highest BCUT2D eigenvalue weighted by atomic mass is 35.5. The molecule has 2 N–H and O–H groups in total. The van der Waals surface area contributed by atoms with Crippen molar-refractivity contribution in [3.8, 4) is 0 Å². The Balaban J connectivity index is 0.00000156. The number of likely N-dealkylation sites (tertiary alicyclic amines) is 1. The molecule has 0 aliphatic carbocycles. The highest BCUT2D eigenvalue weighted by Gasteiger charge is 2.23. The highest BCUT2D eigenvalue weighted by molar-refractivity contribution is 5.85. The second-order valence-electron chi connectivity index (χ2n) is 7.02. The molecule has 2 heterocycles. The van der Waals surface area contributed by atoms with Crippen LogP contribution in [0.15, 0.2) is 30.3 Å². The van der Waals surface area contributed by atoms with Gasteiger partial charge in [-0.3, -0.25) is 9.69 Å². The molecule has 6 heteroatoms. The molecule has 2 fully saturated rings. The molecule has 142 valence electrons.